The summed E-state index contributed by atoms with van der Waals surface area (Å²) >= 11 is 0. The molecule has 0 spiro atoms. The Bertz CT molecular complexity index is 476. The first-order valence-electron chi connectivity index (χ1n) is 6.43. The number of methoxy groups -OCH3 is 1. The molecule has 0 radical (unpaired) electrons. The van der Waals surface area contributed by atoms with Gasteiger partial charge in [-0.25, -0.2) is 0 Å². The lowest BCUT2D eigenvalue weighted by Crippen LogP contribution is -2.37. The summed E-state index contributed by atoms with van der Waals surface area (Å²) in [4.78, 5) is 1.57. The molecule has 1 aliphatic rings. The Hall–Kier alpha value is -1.27. The van der Waals surface area contributed by atoms with Crippen LogP contribution in [0.5, 0.6) is 5.75 Å². The number of alkyl halides is 3. The predicted molar refractivity (Wildman–Crippen MR) is 68.7 cm³/mol. The van der Waals surface area contributed by atoms with Gasteiger partial charge in [0.15, 0.2) is 0 Å². The Balaban J connectivity index is 2.06. The highest BCUT2D eigenvalue weighted by molar-refractivity contribution is 5.41. The van der Waals surface area contributed by atoms with Crippen LogP contribution in [0.4, 0.5) is 13.2 Å². The van der Waals surface area contributed by atoms with Gasteiger partial charge in [0, 0.05) is 12.6 Å². The molecule has 0 heterocycles. The molecule has 112 valence electrons. The van der Waals surface area contributed by atoms with Crippen molar-refractivity contribution in [3.63, 3.8) is 0 Å². The maximum absolute atomic E-state index is 12.3. The number of ether oxygens (including phenoxy) is 1. The van der Waals surface area contributed by atoms with Crippen LogP contribution in [0.25, 0.3) is 0 Å². The topological polar surface area (TPSA) is 32.7 Å². The molecule has 0 saturated heterocycles. The van der Waals surface area contributed by atoms with Gasteiger partial charge in [-0.3, -0.25) is 4.90 Å². The number of likely N-dealkylation sites (N-methyl/N-ethyl adjacent to an activating group) is 1. The third-order valence-corrected chi connectivity index (χ3v) is 3.78. The SMILES string of the molecule is COc1ccc2c(c1)C(O)C(N(C)CCC(F)(F)F)C2. The van der Waals surface area contributed by atoms with Crippen molar-refractivity contribution in [2.75, 3.05) is 20.7 Å². The highest BCUT2D eigenvalue weighted by atomic mass is 19.4. The predicted octanol–water partition coefficient (Wildman–Crippen LogP) is 2.54. The Morgan fingerprint density at radius 2 is 2.10 bits per heavy atom. The number of aliphatic hydroxyl groups excluding tert-OH is 1. The molecule has 20 heavy (non-hydrogen) atoms. The highest BCUT2D eigenvalue weighted by Crippen LogP contribution is 2.36. The molecule has 1 aromatic carbocycles. The van der Waals surface area contributed by atoms with Gasteiger partial charge < -0.3 is 9.84 Å². The molecule has 0 saturated carbocycles. The van der Waals surface area contributed by atoms with Crippen LogP contribution in [-0.2, 0) is 6.42 Å². The first kappa shape index (κ1) is 15.1. The van der Waals surface area contributed by atoms with E-state index in [2.05, 4.69) is 0 Å². The second-order valence-electron chi connectivity index (χ2n) is 5.13. The number of benzene rings is 1. The van der Waals surface area contributed by atoms with Gasteiger partial charge in [-0.2, -0.15) is 13.2 Å². The molecule has 0 aliphatic heterocycles. The fourth-order valence-electron chi connectivity index (χ4n) is 2.57. The highest BCUT2D eigenvalue weighted by Gasteiger charge is 2.35. The summed E-state index contributed by atoms with van der Waals surface area (Å²) in [5, 5.41) is 10.3. The van der Waals surface area contributed by atoms with Crippen LogP contribution in [0.3, 0.4) is 0 Å². The molecule has 1 N–H and O–H groups in total. The Morgan fingerprint density at radius 1 is 1.40 bits per heavy atom. The van der Waals surface area contributed by atoms with E-state index >= 15 is 0 Å². The first-order valence-corrected chi connectivity index (χ1v) is 6.43. The molecule has 1 aliphatic carbocycles. The van der Waals surface area contributed by atoms with Crippen molar-refractivity contribution in [1.82, 2.24) is 4.90 Å². The third kappa shape index (κ3) is 3.24. The van der Waals surface area contributed by atoms with Crippen molar-refractivity contribution in [1.29, 1.82) is 0 Å². The number of nitrogens with zero attached hydrogens (tertiary/aromatic N) is 1. The smallest absolute Gasteiger partial charge is 0.390 e. The molecule has 0 aromatic heterocycles. The zero-order valence-electron chi connectivity index (χ0n) is 11.4. The van der Waals surface area contributed by atoms with Gasteiger partial charge in [0.05, 0.1) is 19.6 Å². The van der Waals surface area contributed by atoms with Gasteiger partial charge in [0.1, 0.15) is 5.75 Å². The summed E-state index contributed by atoms with van der Waals surface area (Å²) in [6.45, 7) is -0.115. The van der Waals surface area contributed by atoms with Gasteiger partial charge in [-0.1, -0.05) is 6.07 Å². The van der Waals surface area contributed by atoms with Gasteiger partial charge in [-0.15, -0.1) is 0 Å². The first-order chi connectivity index (χ1) is 9.31. The van der Waals surface area contributed by atoms with Crippen LogP contribution >= 0.6 is 0 Å². The van der Waals surface area contributed by atoms with Crippen LogP contribution in [0, 0.1) is 0 Å². The van der Waals surface area contributed by atoms with Crippen molar-refractivity contribution in [3.8, 4) is 5.75 Å². The molecular weight excluding hydrogens is 271 g/mol. The molecule has 0 fully saturated rings. The van der Waals surface area contributed by atoms with E-state index in [0.717, 1.165) is 11.1 Å². The Kier molecular flexibility index (Phi) is 4.25. The average molecular weight is 289 g/mol. The van der Waals surface area contributed by atoms with E-state index in [1.54, 1.807) is 24.1 Å². The van der Waals surface area contributed by atoms with E-state index in [4.69, 9.17) is 4.74 Å². The minimum atomic E-state index is -4.17. The van der Waals surface area contributed by atoms with E-state index in [1.807, 2.05) is 6.07 Å². The fourth-order valence-corrected chi connectivity index (χ4v) is 2.57. The molecule has 2 rings (SSSR count). The van der Waals surface area contributed by atoms with E-state index in [-0.39, 0.29) is 12.6 Å². The van der Waals surface area contributed by atoms with Gasteiger partial charge in [0.2, 0.25) is 0 Å². The van der Waals surface area contributed by atoms with Gasteiger partial charge in [-0.05, 0) is 36.7 Å². The van der Waals surface area contributed by atoms with Crippen molar-refractivity contribution in [2.24, 2.45) is 0 Å². The number of halogens is 3. The van der Waals surface area contributed by atoms with Gasteiger partial charge >= 0.3 is 6.18 Å². The summed E-state index contributed by atoms with van der Waals surface area (Å²) in [6, 6.07) is 5.08. The average Bonchev–Trinajstić information content (AvgIpc) is 2.72. The number of rotatable bonds is 4. The molecule has 1 aromatic rings. The lowest BCUT2D eigenvalue weighted by molar-refractivity contribution is -0.139. The Labute approximate surface area is 116 Å². The monoisotopic (exact) mass is 289 g/mol. The summed E-state index contributed by atoms with van der Waals surface area (Å²) in [5.41, 5.74) is 1.70. The second-order valence-corrected chi connectivity index (χ2v) is 5.13. The third-order valence-electron chi connectivity index (χ3n) is 3.78. The normalized spacial score (nSPS) is 22.1. The summed E-state index contributed by atoms with van der Waals surface area (Å²) in [6.07, 6.45) is -5.27. The molecule has 0 bridgehead atoms. The second kappa shape index (κ2) is 5.61. The van der Waals surface area contributed by atoms with Crippen LogP contribution in [0.2, 0.25) is 0 Å². The van der Waals surface area contributed by atoms with Crippen molar-refractivity contribution < 1.29 is 23.0 Å². The summed E-state index contributed by atoms with van der Waals surface area (Å²) in [5.74, 6) is 0.640. The molecule has 2 unspecified atom stereocenters. The van der Waals surface area contributed by atoms with Crippen molar-refractivity contribution in [3.05, 3.63) is 29.3 Å². The minimum Gasteiger partial charge on any atom is -0.497 e. The van der Waals surface area contributed by atoms with E-state index in [1.165, 1.54) is 7.11 Å². The molecular formula is C14H18F3NO2. The summed E-state index contributed by atoms with van der Waals surface area (Å²) < 4.78 is 41.9. The standard InChI is InChI=1S/C14H18F3NO2/c1-18(6-5-14(15,16)17)12-7-9-3-4-10(20-2)8-11(9)13(12)19/h3-4,8,12-13,19H,5-7H2,1-2H3. The van der Waals surface area contributed by atoms with Crippen LogP contribution < -0.4 is 4.74 Å². The van der Waals surface area contributed by atoms with Crippen molar-refractivity contribution in [2.45, 2.75) is 31.2 Å². The zero-order valence-corrected chi connectivity index (χ0v) is 11.4. The number of hydrogen-bond donors (Lipinski definition) is 1. The number of hydrogen-bond acceptors (Lipinski definition) is 3. The summed E-state index contributed by atoms with van der Waals surface area (Å²) in [7, 11) is 3.15. The Morgan fingerprint density at radius 3 is 2.70 bits per heavy atom. The number of fused-ring (bicyclic) bond motifs is 1. The quantitative estimate of drug-likeness (QED) is 0.924. The fraction of sp³-hybridized carbons (Fsp3) is 0.571. The minimum absolute atomic E-state index is 0.115. The lowest BCUT2D eigenvalue weighted by atomic mass is 10.1. The largest absolute Gasteiger partial charge is 0.497 e. The molecule has 6 heteroatoms. The van der Waals surface area contributed by atoms with Crippen molar-refractivity contribution >= 4 is 0 Å². The van der Waals surface area contributed by atoms with E-state index < -0.39 is 18.7 Å². The van der Waals surface area contributed by atoms with Crippen LogP contribution in [-0.4, -0.2) is 42.9 Å². The molecule has 2 atom stereocenters. The molecule has 0 amide bonds. The zero-order chi connectivity index (χ0) is 14.9. The maximum atomic E-state index is 12.3. The van der Waals surface area contributed by atoms with E-state index in [9.17, 15) is 18.3 Å². The lowest BCUT2D eigenvalue weighted by Gasteiger charge is -2.27. The maximum Gasteiger partial charge on any atom is 0.390 e. The van der Waals surface area contributed by atoms with Crippen LogP contribution in [0.15, 0.2) is 18.2 Å². The van der Waals surface area contributed by atoms with Crippen LogP contribution in [0.1, 0.15) is 23.7 Å². The van der Waals surface area contributed by atoms with E-state index in [0.29, 0.717) is 12.2 Å². The number of aliphatic hydroxyl groups is 1. The molecule has 3 nitrogen and oxygen atoms in total. The van der Waals surface area contributed by atoms with Gasteiger partial charge in [0.25, 0.3) is 0 Å².